The maximum absolute atomic E-state index is 12.8. The second-order valence-electron chi connectivity index (χ2n) is 5.93. The molecule has 0 saturated carbocycles. The van der Waals surface area contributed by atoms with Crippen LogP contribution in [0.5, 0.6) is 5.75 Å². The third-order valence-corrected chi connectivity index (χ3v) is 4.44. The van der Waals surface area contributed by atoms with E-state index in [0.29, 0.717) is 33.5 Å². The van der Waals surface area contributed by atoms with Crippen LogP contribution in [0.15, 0.2) is 72.9 Å². The molecular weight excluding hydrogens is 362 g/mol. The molecule has 0 aliphatic heterocycles. The van der Waals surface area contributed by atoms with Gasteiger partial charge in [-0.3, -0.25) is 9.20 Å². The maximum Gasteiger partial charge on any atom is 0.256 e. The molecule has 0 fully saturated rings. The van der Waals surface area contributed by atoms with Crippen molar-refractivity contribution in [2.45, 2.75) is 0 Å². The van der Waals surface area contributed by atoms with Gasteiger partial charge in [0.2, 0.25) is 0 Å². The first kappa shape index (κ1) is 17.1. The summed E-state index contributed by atoms with van der Waals surface area (Å²) in [5, 5.41) is 3.53. The van der Waals surface area contributed by atoms with Crippen LogP contribution in [-0.2, 0) is 0 Å². The van der Waals surface area contributed by atoms with Crippen LogP contribution in [-0.4, -0.2) is 22.4 Å². The summed E-state index contributed by atoms with van der Waals surface area (Å²) < 4.78 is 6.93. The van der Waals surface area contributed by atoms with Gasteiger partial charge < -0.3 is 10.1 Å². The van der Waals surface area contributed by atoms with Crippen molar-refractivity contribution >= 4 is 29.0 Å². The molecule has 0 spiro atoms. The van der Waals surface area contributed by atoms with Crippen molar-refractivity contribution in [3.05, 3.63) is 83.5 Å². The third kappa shape index (κ3) is 3.37. The molecule has 1 N–H and O–H groups in total. The Balaban J connectivity index is 1.79. The zero-order chi connectivity index (χ0) is 18.8. The predicted molar refractivity (Wildman–Crippen MR) is 107 cm³/mol. The fourth-order valence-corrected chi connectivity index (χ4v) is 3.02. The molecule has 4 rings (SSSR count). The van der Waals surface area contributed by atoms with Crippen molar-refractivity contribution in [2.24, 2.45) is 0 Å². The molecular formula is C21H16ClN3O2. The van der Waals surface area contributed by atoms with Crippen LogP contribution in [0, 0.1) is 0 Å². The Kier molecular flexibility index (Phi) is 4.52. The zero-order valence-corrected chi connectivity index (χ0v) is 15.3. The van der Waals surface area contributed by atoms with Crippen molar-refractivity contribution in [1.82, 2.24) is 9.38 Å². The smallest absolute Gasteiger partial charge is 0.256 e. The number of hydrogen-bond acceptors (Lipinski definition) is 3. The van der Waals surface area contributed by atoms with Crippen LogP contribution >= 0.6 is 11.6 Å². The lowest BCUT2D eigenvalue weighted by molar-refractivity contribution is 0.102. The van der Waals surface area contributed by atoms with Gasteiger partial charge in [0.15, 0.2) is 0 Å². The Morgan fingerprint density at radius 3 is 2.48 bits per heavy atom. The van der Waals surface area contributed by atoms with Gasteiger partial charge in [0.1, 0.15) is 22.9 Å². The summed E-state index contributed by atoms with van der Waals surface area (Å²) in [6.45, 7) is 0. The van der Waals surface area contributed by atoms with Crippen molar-refractivity contribution in [3.8, 4) is 17.0 Å². The van der Waals surface area contributed by atoms with E-state index in [0.717, 1.165) is 5.56 Å². The molecule has 4 aromatic rings. The topological polar surface area (TPSA) is 55.6 Å². The molecule has 27 heavy (non-hydrogen) atoms. The van der Waals surface area contributed by atoms with Crippen LogP contribution in [0.1, 0.15) is 10.4 Å². The highest BCUT2D eigenvalue weighted by atomic mass is 35.5. The first-order valence-corrected chi connectivity index (χ1v) is 8.72. The lowest BCUT2D eigenvalue weighted by atomic mass is 10.1. The Bertz CT molecular complexity index is 1110. The summed E-state index contributed by atoms with van der Waals surface area (Å²) in [6.07, 6.45) is 1.74. The van der Waals surface area contributed by atoms with E-state index in [1.54, 1.807) is 48.0 Å². The molecule has 0 unspecified atom stereocenters. The number of aromatic nitrogens is 2. The number of anilines is 1. The number of benzene rings is 2. The van der Waals surface area contributed by atoms with Crippen LogP contribution in [0.25, 0.3) is 16.9 Å². The van der Waals surface area contributed by atoms with Gasteiger partial charge >= 0.3 is 0 Å². The van der Waals surface area contributed by atoms with Crippen LogP contribution < -0.4 is 10.1 Å². The van der Waals surface area contributed by atoms with Crippen LogP contribution in [0.3, 0.4) is 0 Å². The van der Waals surface area contributed by atoms with E-state index in [9.17, 15) is 4.79 Å². The molecule has 0 aliphatic rings. The summed E-state index contributed by atoms with van der Waals surface area (Å²) >= 11 is 6.16. The van der Waals surface area contributed by atoms with E-state index in [2.05, 4.69) is 10.3 Å². The average Bonchev–Trinajstić information content (AvgIpc) is 3.06. The van der Waals surface area contributed by atoms with Gasteiger partial charge in [0, 0.05) is 17.3 Å². The summed E-state index contributed by atoms with van der Waals surface area (Å²) in [5.41, 5.74) is 2.80. The molecule has 5 nitrogen and oxygen atoms in total. The van der Waals surface area contributed by atoms with E-state index >= 15 is 0 Å². The first-order valence-electron chi connectivity index (χ1n) is 8.34. The van der Waals surface area contributed by atoms with Gasteiger partial charge in [-0.05, 0) is 36.4 Å². The second kappa shape index (κ2) is 7.13. The number of carbonyl (C=O) groups excluding carboxylic acids is 1. The van der Waals surface area contributed by atoms with Crippen molar-refractivity contribution < 1.29 is 9.53 Å². The fourth-order valence-electron chi connectivity index (χ4n) is 2.86. The number of rotatable bonds is 4. The Morgan fingerprint density at radius 1 is 1.04 bits per heavy atom. The summed E-state index contributed by atoms with van der Waals surface area (Å²) in [5.74, 6) is 1.02. The number of hydrogen-bond donors (Lipinski definition) is 1. The minimum atomic E-state index is -0.239. The Morgan fingerprint density at radius 2 is 1.78 bits per heavy atom. The third-order valence-electron chi connectivity index (χ3n) is 4.21. The van der Waals surface area contributed by atoms with Crippen molar-refractivity contribution in [2.75, 3.05) is 12.4 Å². The Labute approximate surface area is 161 Å². The number of carbonyl (C=O) groups is 1. The maximum atomic E-state index is 12.8. The number of fused-ring (bicyclic) bond motifs is 1. The quantitative estimate of drug-likeness (QED) is 0.549. The lowest BCUT2D eigenvalue weighted by Gasteiger charge is -2.09. The second-order valence-corrected chi connectivity index (χ2v) is 6.37. The zero-order valence-electron chi connectivity index (χ0n) is 14.5. The van der Waals surface area contributed by atoms with E-state index in [4.69, 9.17) is 16.3 Å². The number of nitrogens with zero attached hydrogens (tertiary/aromatic N) is 2. The normalized spacial score (nSPS) is 10.7. The highest BCUT2D eigenvalue weighted by Crippen LogP contribution is 2.30. The highest BCUT2D eigenvalue weighted by molar-refractivity contribution is 6.30. The number of nitrogens with one attached hydrogen (secondary N) is 1. The van der Waals surface area contributed by atoms with Gasteiger partial charge in [-0.2, -0.15) is 0 Å². The number of ether oxygens (including phenoxy) is 1. The van der Waals surface area contributed by atoms with E-state index < -0.39 is 0 Å². The molecule has 0 atom stereocenters. The fraction of sp³-hybridized carbons (Fsp3) is 0.0476. The SMILES string of the molecule is COc1ccc(C(=O)Nc2c(-c3ccccc3)nc3ccc(Cl)cn23)cc1. The van der Waals surface area contributed by atoms with Crippen molar-refractivity contribution in [1.29, 1.82) is 0 Å². The van der Waals surface area contributed by atoms with Gasteiger partial charge in [0.25, 0.3) is 5.91 Å². The largest absolute Gasteiger partial charge is 0.497 e. The highest BCUT2D eigenvalue weighted by Gasteiger charge is 2.17. The molecule has 1 amide bonds. The van der Waals surface area contributed by atoms with E-state index in [1.165, 1.54) is 0 Å². The van der Waals surface area contributed by atoms with Gasteiger partial charge in [-0.25, -0.2) is 4.98 Å². The number of halogens is 1. The van der Waals surface area contributed by atoms with Gasteiger partial charge in [-0.15, -0.1) is 0 Å². The first-order chi connectivity index (χ1) is 13.2. The summed E-state index contributed by atoms with van der Waals surface area (Å²) in [6, 6.07) is 20.2. The van der Waals surface area contributed by atoms with Gasteiger partial charge in [-0.1, -0.05) is 41.9 Å². The van der Waals surface area contributed by atoms with E-state index in [-0.39, 0.29) is 5.91 Å². The number of pyridine rings is 1. The molecule has 0 aliphatic carbocycles. The number of imidazole rings is 1. The lowest BCUT2D eigenvalue weighted by Crippen LogP contribution is -2.14. The number of methoxy groups -OCH3 is 1. The predicted octanol–water partition coefficient (Wildman–Crippen LogP) is 4.92. The summed E-state index contributed by atoms with van der Waals surface area (Å²) in [7, 11) is 1.59. The van der Waals surface area contributed by atoms with Gasteiger partial charge in [0.05, 0.1) is 12.1 Å². The standard InChI is InChI=1S/C21H16ClN3O2/c1-27-17-10-7-15(8-11-17)21(26)24-20-19(14-5-3-2-4-6-14)23-18-12-9-16(22)13-25(18)20/h2-13H,1H3,(H,24,26). The molecule has 6 heteroatoms. The Hall–Kier alpha value is -3.31. The minimum Gasteiger partial charge on any atom is -0.497 e. The average molecular weight is 378 g/mol. The molecule has 0 bridgehead atoms. The van der Waals surface area contributed by atoms with Crippen molar-refractivity contribution in [3.63, 3.8) is 0 Å². The van der Waals surface area contributed by atoms with Crippen LogP contribution in [0.2, 0.25) is 5.02 Å². The molecule has 134 valence electrons. The van der Waals surface area contributed by atoms with Crippen LogP contribution in [0.4, 0.5) is 5.82 Å². The minimum absolute atomic E-state index is 0.239. The molecule has 2 aromatic heterocycles. The number of amides is 1. The summed E-state index contributed by atoms with van der Waals surface area (Å²) in [4.78, 5) is 17.5. The van der Waals surface area contributed by atoms with E-state index in [1.807, 2.05) is 36.4 Å². The molecule has 0 saturated heterocycles. The molecule has 2 heterocycles. The monoisotopic (exact) mass is 377 g/mol. The molecule has 0 radical (unpaired) electrons. The molecule has 2 aromatic carbocycles.